The van der Waals surface area contributed by atoms with Crippen molar-refractivity contribution in [2.45, 2.75) is 6.10 Å². The molecular formula is C10H14N2O2. The highest BCUT2D eigenvalue weighted by molar-refractivity contribution is 5.16. The molecule has 4 heteroatoms. The van der Waals surface area contributed by atoms with Gasteiger partial charge in [-0.25, -0.2) is 0 Å². The molecule has 1 aromatic heterocycles. The maximum atomic E-state index is 5.54. The Morgan fingerprint density at radius 2 is 2.36 bits per heavy atom. The van der Waals surface area contributed by atoms with E-state index < -0.39 is 0 Å². The highest BCUT2D eigenvalue weighted by atomic mass is 16.5. The molecule has 0 aromatic carbocycles. The van der Waals surface area contributed by atoms with Gasteiger partial charge < -0.3 is 14.8 Å². The predicted octanol–water partition coefficient (Wildman–Crippen LogP) is 0.449. The second-order valence-electron chi connectivity index (χ2n) is 3.19. The van der Waals surface area contributed by atoms with Crippen LogP contribution in [-0.2, 0) is 4.74 Å². The molecular weight excluding hydrogens is 180 g/mol. The zero-order valence-corrected chi connectivity index (χ0v) is 7.98. The summed E-state index contributed by atoms with van der Waals surface area (Å²) in [7, 11) is 0. The number of aromatic nitrogens is 1. The van der Waals surface area contributed by atoms with Crippen molar-refractivity contribution in [3.63, 3.8) is 0 Å². The topological polar surface area (TPSA) is 43.4 Å². The molecule has 0 bridgehead atoms. The molecule has 2 heterocycles. The lowest BCUT2D eigenvalue weighted by atomic mass is 10.3. The Balaban J connectivity index is 1.76. The molecule has 4 nitrogen and oxygen atoms in total. The van der Waals surface area contributed by atoms with E-state index in [2.05, 4.69) is 10.3 Å². The molecule has 1 aliphatic rings. The fourth-order valence-corrected chi connectivity index (χ4v) is 1.35. The first-order valence-electron chi connectivity index (χ1n) is 4.80. The Kier molecular flexibility index (Phi) is 3.32. The summed E-state index contributed by atoms with van der Waals surface area (Å²) in [6.45, 7) is 3.16. The van der Waals surface area contributed by atoms with Crippen LogP contribution in [0.2, 0.25) is 0 Å². The summed E-state index contributed by atoms with van der Waals surface area (Å²) in [6, 6.07) is 3.69. The summed E-state index contributed by atoms with van der Waals surface area (Å²) >= 11 is 0. The molecule has 1 aliphatic heterocycles. The van der Waals surface area contributed by atoms with Crippen molar-refractivity contribution < 1.29 is 9.47 Å². The molecule has 1 unspecified atom stereocenters. The minimum Gasteiger partial charge on any atom is -0.491 e. The van der Waals surface area contributed by atoms with Gasteiger partial charge in [-0.05, 0) is 12.1 Å². The average Bonchev–Trinajstić information content (AvgIpc) is 2.29. The molecule has 2 rings (SSSR count). The van der Waals surface area contributed by atoms with Crippen molar-refractivity contribution in [1.82, 2.24) is 10.3 Å². The number of nitrogens with one attached hydrogen (secondary N) is 1. The Morgan fingerprint density at radius 1 is 1.50 bits per heavy atom. The summed E-state index contributed by atoms with van der Waals surface area (Å²) in [5.41, 5.74) is 0. The summed E-state index contributed by atoms with van der Waals surface area (Å²) in [4.78, 5) is 3.92. The molecule has 1 saturated heterocycles. The summed E-state index contributed by atoms with van der Waals surface area (Å²) in [6.07, 6.45) is 3.60. The van der Waals surface area contributed by atoms with Crippen LogP contribution in [0.5, 0.6) is 5.75 Å². The minimum atomic E-state index is 0.164. The molecule has 0 spiro atoms. The summed E-state index contributed by atoms with van der Waals surface area (Å²) in [5, 5.41) is 3.25. The molecule has 1 fully saturated rings. The van der Waals surface area contributed by atoms with Crippen LogP contribution in [0.15, 0.2) is 24.5 Å². The van der Waals surface area contributed by atoms with Crippen LogP contribution < -0.4 is 10.1 Å². The average molecular weight is 194 g/mol. The van der Waals surface area contributed by atoms with Crippen LogP contribution in [-0.4, -0.2) is 37.4 Å². The first-order chi connectivity index (χ1) is 6.95. The standard InChI is InChI=1S/C10H14N2O2/c1-3-11-4-2-9(1)14-8-10-7-12-5-6-13-10/h1-4,10,12H,5-8H2. The van der Waals surface area contributed by atoms with E-state index in [0.717, 1.165) is 25.4 Å². The Morgan fingerprint density at radius 3 is 3.07 bits per heavy atom. The van der Waals surface area contributed by atoms with Crippen molar-refractivity contribution in [3.05, 3.63) is 24.5 Å². The van der Waals surface area contributed by atoms with Crippen molar-refractivity contribution in [3.8, 4) is 5.75 Å². The van der Waals surface area contributed by atoms with Crippen LogP contribution in [0.3, 0.4) is 0 Å². The van der Waals surface area contributed by atoms with Crippen LogP contribution >= 0.6 is 0 Å². The maximum Gasteiger partial charge on any atom is 0.122 e. The molecule has 1 N–H and O–H groups in total. The highest BCUT2D eigenvalue weighted by Gasteiger charge is 2.13. The van der Waals surface area contributed by atoms with Crippen LogP contribution in [0.4, 0.5) is 0 Å². The SMILES string of the molecule is c1cc(OCC2CNCCO2)ccn1. The second kappa shape index (κ2) is 4.93. The number of hydrogen-bond donors (Lipinski definition) is 1. The van der Waals surface area contributed by atoms with Gasteiger partial charge in [-0.3, -0.25) is 4.98 Å². The zero-order valence-electron chi connectivity index (χ0n) is 7.98. The Bertz CT molecular complexity index is 260. The van der Waals surface area contributed by atoms with Gasteiger partial charge in [-0.2, -0.15) is 0 Å². The molecule has 0 radical (unpaired) electrons. The van der Waals surface area contributed by atoms with E-state index in [-0.39, 0.29) is 6.10 Å². The third-order valence-electron chi connectivity index (χ3n) is 2.09. The fraction of sp³-hybridized carbons (Fsp3) is 0.500. The molecule has 0 aliphatic carbocycles. The quantitative estimate of drug-likeness (QED) is 0.758. The number of ether oxygens (including phenoxy) is 2. The van der Waals surface area contributed by atoms with Crippen LogP contribution in [0.25, 0.3) is 0 Å². The number of pyridine rings is 1. The van der Waals surface area contributed by atoms with E-state index in [1.165, 1.54) is 0 Å². The number of morpholine rings is 1. The fourth-order valence-electron chi connectivity index (χ4n) is 1.35. The molecule has 1 aromatic rings. The normalized spacial score (nSPS) is 21.9. The van der Waals surface area contributed by atoms with Gasteiger partial charge in [0.1, 0.15) is 18.5 Å². The van der Waals surface area contributed by atoms with Gasteiger partial charge in [-0.15, -0.1) is 0 Å². The van der Waals surface area contributed by atoms with Crippen molar-refractivity contribution in [1.29, 1.82) is 0 Å². The number of nitrogens with zero attached hydrogens (tertiary/aromatic N) is 1. The van der Waals surface area contributed by atoms with Crippen LogP contribution in [0.1, 0.15) is 0 Å². The monoisotopic (exact) mass is 194 g/mol. The van der Waals surface area contributed by atoms with E-state index in [4.69, 9.17) is 9.47 Å². The largest absolute Gasteiger partial charge is 0.491 e. The van der Waals surface area contributed by atoms with Crippen molar-refractivity contribution in [2.75, 3.05) is 26.3 Å². The van der Waals surface area contributed by atoms with E-state index in [0.29, 0.717) is 6.61 Å². The van der Waals surface area contributed by atoms with Gasteiger partial charge >= 0.3 is 0 Å². The lowest BCUT2D eigenvalue weighted by Crippen LogP contribution is -2.41. The molecule has 1 atom stereocenters. The lowest BCUT2D eigenvalue weighted by Gasteiger charge is -2.23. The van der Waals surface area contributed by atoms with Gasteiger partial charge in [0.2, 0.25) is 0 Å². The second-order valence-corrected chi connectivity index (χ2v) is 3.19. The molecule has 0 saturated carbocycles. The van der Waals surface area contributed by atoms with Gasteiger partial charge in [0.15, 0.2) is 0 Å². The lowest BCUT2D eigenvalue weighted by molar-refractivity contribution is 0.000179. The zero-order chi connectivity index (χ0) is 9.64. The van der Waals surface area contributed by atoms with Gasteiger partial charge in [0, 0.05) is 25.5 Å². The summed E-state index contributed by atoms with van der Waals surface area (Å²) in [5.74, 6) is 0.842. The minimum absolute atomic E-state index is 0.164. The Hall–Kier alpha value is -1.13. The van der Waals surface area contributed by atoms with Gasteiger partial charge in [-0.1, -0.05) is 0 Å². The van der Waals surface area contributed by atoms with Crippen molar-refractivity contribution in [2.24, 2.45) is 0 Å². The first-order valence-corrected chi connectivity index (χ1v) is 4.80. The van der Waals surface area contributed by atoms with E-state index in [1.807, 2.05) is 12.1 Å². The Labute approximate surface area is 83.2 Å². The first kappa shape index (κ1) is 9.43. The van der Waals surface area contributed by atoms with E-state index >= 15 is 0 Å². The highest BCUT2D eigenvalue weighted by Crippen LogP contribution is 2.08. The number of hydrogen-bond acceptors (Lipinski definition) is 4. The van der Waals surface area contributed by atoms with Gasteiger partial charge in [0.05, 0.1) is 6.61 Å². The van der Waals surface area contributed by atoms with E-state index in [1.54, 1.807) is 12.4 Å². The molecule has 14 heavy (non-hydrogen) atoms. The third-order valence-corrected chi connectivity index (χ3v) is 2.09. The molecule has 0 amide bonds. The summed E-state index contributed by atoms with van der Waals surface area (Å²) < 4.78 is 11.0. The third kappa shape index (κ3) is 2.68. The molecule has 76 valence electrons. The van der Waals surface area contributed by atoms with E-state index in [9.17, 15) is 0 Å². The van der Waals surface area contributed by atoms with Gasteiger partial charge in [0.25, 0.3) is 0 Å². The maximum absolute atomic E-state index is 5.54. The smallest absolute Gasteiger partial charge is 0.122 e. The number of rotatable bonds is 3. The van der Waals surface area contributed by atoms with Crippen molar-refractivity contribution >= 4 is 0 Å². The van der Waals surface area contributed by atoms with Crippen LogP contribution in [0, 0.1) is 0 Å². The predicted molar refractivity (Wildman–Crippen MR) is 52.3 cm³/mol.